The minimum atomic E-state index is -0.969. The van der Waals surface area contributed by atoms with Crippen LogP contribution in [0.4, 0.5) is 0 Å². The number of esters is 1. The third-order valence-electron chi connectivity index (χ3n) is 4.67. The number of aliphatic hydroxyl groups is 1. The average molecular weight is 428 g/mol. The molecule has 2 aromatic heterocycles. The van der Waals surface area contributed by atoms with Crippen molar-refractivity contribution in [3.8, 4) is 11.1 Å². The zero-order valence-electron chi connectivity index (χ0n) is 16.9. The van der Waals surface area contributed by atoms with Gasteiger partial charge in [0.2, 0.25) is 0 Å². The fraction of sp³-hybridized carbons (Fsp3) is 0.227. The zero-order valence-corrected chi connectivity index (χ0v) is 17.6. The van der Waals surface area contributed by atoms with Gasteiger partial charge in [-0.1, -0.05) is 23.7 Å². The van der Waals surface area contributed by atoms with Crippen LogP contribution < -0.4 is 5.56 Å². The van der Waals surface area contributed by atoms with E-state index in [1.807, 2.05) is 0 Å². The van der Waals surface area contributed by atoms with E-state index in [2.05, 4.69) is 5.10 Å². The predicted octanol–water partition coefficient (Wildman–Crippen LogP) is 3.10. The number of halogens is 1. The van der Waals surface area contributed by atoms with Crippen molar-refractivity contribution in [1.29, 1.82) is 0 Å². The molecule has 0 fully saturated rings. The first kappa shape index (κ1) is 21.5. The largest absolute Gasteiger partial charge is 0.463 e. The molecule has 0 amide bonds. The fourth-order valence-corrected chi connectivity index (χ4v) is 3.26. The molecule has 0 spiro atoms. The van der Waals surface area contributed by atoms with Crippen molar-refractivity contribution >= 4 is 23.6 Å². The summed E-state index contributed by atoms with van der Waals surface area (Å²) in [5, 5.41) is 15.9. The van der Waals surface area contributed by atoms with Crippen molar-refractivity contribution in [2.45, 2.75) is 13.0 Å². The molecule has 1 unspecified atom stereocenters. The molecule has 30 heavy (non-hydrogen) atoms. The highest BCUT2D eigenvalue weighted by Gasteiger charge is 2.22. The number of pyridine rings is 1. The van der Waals surface area contributed by atoms with Crippen LogP contribution in [0.3, 0.4) is 0 Å². The van der Waals surface area contributed by atoms with Crippen LogP contribution >= 0.6 is 11.6 Å². The monoisotopic (exact) mass is 427 g/mol. The minimum Gasteiger partial charge on any atom is -0.463 e. The van der Waals surface area contributed by atoms with Gasteiger partial charge in [0.15, 0.2) is 0 Å². The van der Waals surface area contributed by atoms with Gasteiger partial charge >= 0.3 is 5.97 Å². The summed E-state index contributed by atoms with van der Waals surface area (Å²) in [4.78, 5) is 23.9. The topological polar surface area (TPSA) is 86.4 Å². The molecule has 3 rings (SSSR count). The van der Waals surface area contributed by atoms with Crippen molar-refractivity contribution in [3.63, 3.8) is 0 Å². The van der Waals surface area contributed by atoms with E-state index >= 15 is 0 Å². The molecule has 156 valence electrons. The normalized spacial score (nSPS) is 12.3. The van der Waals surface area contributed by atoms with Gasteiger partial charge in [-0.25, -0.2) is 4.79 Å². The summed E-state index contributed by atoms with van der Waals surface area (Å²) in [6, 6.07) is 8.32. The lowest BCUT2D eigenvalue weighted by Gasteiger charge is -2.16. The van der Waals surface area contributed by atoms with Crippen LogP contribution in [0.1, 0.15) is 29.8 Å². The molecule has 0 radical (unpaired) electrons. The maximum atomic E-state index is 12.2. The molecular formula is C22H22ClN3O4. The third kappa shape index (κ3) is 4.53. The Morgan fingerprint density at radius 1 is 1.27 bits per heavy atom. The van der Waals surface area contributed by atoms with Gasteiger partial charge < -0.3 is 14.4 Å². The maximum Gasteiger partial charge on any atom is 0.330 e. The summed E-state index contributed by atoms with van der Waals surface area (Å²) in [5.41, 5.74) is 2.77. The summed E-state index contributed by atoms with van der Waals surface area (Å²) in [5.74, 6) is -0.503. The van der Waals surface area contributed by atoms with Crippen molar-refractivity contribution in [2.24, 2.45) is 14.1 Å². The molecule has 0 saturated carbocycles. The van der Waals surface area contributed by atoms with Crippen LogP contribution in [-0.2, 0) is 23.6 Å². The second-order valence-electron chi connectivity index (χ2n) is 6.70. The molecule has 0 aliphatic rings. The predicted molar refractivity (Wildman–Crippen MR) is 115 cm³/mol. The molecule has 2 heterocycles. The fourth-order valence-electron chi connectivity index (χ4n) is 3.14. The van der Waals surface area contributed by atoms with Crippen LogP contribution in [0.15, 0.2) is 53.6 Å². The Morgan fingerprint density at radius 2 is 1.97 bits per heavy atom. The third-order valence-corrected chi connectivity index (χ3v) is 4.92. The second-order valence-corrected chi connectivity index (χ2v) is 7.13. The lowest BCUT2D eigenvalue weighted by molar-refractivity contribution is -0.137. The van der Waals surface area contributed by atoms with Crippen molar-refractivity contribution in [2.75, 3.05) is 6.61 Å². The van der Waals surface area contributed by atoms with E-state index in [-0.39, 0.29) is 12.2 Å². The maximum absolute atomic E-state index is 12.2. The number of rotatable bonds is 6. The summed E-state index contributed by atoms with van der Waals surface area (Å²) in [6.07, 6.45) is 5.11. The number of benzene rings is 1. The first-order chi connectivity index (χ1) is 14.3. The second kappa shape index (κ2) is 9.11. The van der Waals surface area contributed by atoms with Crippen molar-refractivity contribution in [3.05, 3.63) is 81.0 Å². The summed E-state index contributed by atoms with van der Waals surface area (Å²) >= 11 is 5.96. The molecular weight excluding hydrogens is 406 g/mol. The molecule has 3 aromatic rings. The van der Waals surface area contributed by atoms with Gasteiger partial charge in [-0.2, -0.15) is 5.10 Å². The molecule has 0 saturated heterocycles. The van der Waals surface area contributed by atoms with Crippen LogP contribution in [0.25, 0.3) is 17.2 Å². The van der Waals surface area contributed by atoms with Crippen LogP contribution in [0.2, 0.25) is 5.02 Å². The standard InChI is InChI=1S/C22H22ClN3O4/c1-4-30-20(28)10-7-15-11-19(27)25(2)13-18(15)17-12-24-26(3)21(17)22(29)14-5-8-16(23)9-6-14/h5-13,22,29H,4H2,1-3H3/b10-7+. The Labute approximate surface area is 178 Å². The number of carbonyl (C=O) groups excluding carboxylic acids is 1. The van der Waals surface area contributed by atoms with Crippen LogP contribution in [0, 0.1) is 0 Å². The van der Waals surface area contributed by atoms with Gasteiger partial charge in [-0.3, -0.25) is 9.48 Å². The number of hydrogen-bond acceptors (Lipinski definition) is 5. The van der Waals surface area contributed by atoms with Crippen molar-refractivity contribution < 1.29 is 14.6 Å². The Kier molecular flexibility index (Phi) is 6.54. The highest BCUT2D eigenvalue weighted by Crippen LogP contribution is 2.33. The first-order valence-electron chi connectivity index (χ1n) is 9.33. The molecule has 7 nitrogen and oxygen atoms in total. The SMILES string of the molecule is CCOC(=O)/C=C/c1cc(=O)n(C)cc1-c1cnn(C)c1C(O)c1ccc(Cl)cc1. The van der Waals surface area contributed by atoms with E-state index in [4.69, 9.17) is 16.3 Å². The number of aromatic nitrogens is 3. The van der Waals surface area contributed by atoms with Gasteiger partial charge in [-0.05, 0) is 36.3 Å². The number of carbonyl (C=O) groups is 1. The van der Waals surface area contributed by atoms with Crippen LogP contribution in [-0.4, -0.2) is 32.0 Å². The smallest absolute Gasteiger partial charge is 0.330 e. The van der Waals surface area contributed by atoms with E-state index < -0.39 is 12.1 Å². The van der Waals surface area contributed by atoms with Gasteiger partial charge in [0, 0.05) is 48.6 Å². The lowest BCUT2D eigenvalue weighted by atomic mass is 9.97. The average Bonchev–Trinajstić information content (AvgIpc) is 3.10. The van der Waals surface area contributed by atoms with E-state index in [0.29, 0.717) is 33.0 Å². The zero-order chi connectivity index (χ0) is 21.8. The molecule has 0 aliphatic heterocycles. The molecule has 8 heteroatoms. The highest BCUT2D eigenvalue weighted by molar-refractivity contribution is 6.30. The summed E-state index contributed by atoms with van der Waals surface area (Å²) < 4.78 is 7.94. The van der Waals surface area contributed by atoms with E-state index in [1.54, 1.807) is 62.4 Å². The number of nitrogens with zero attached hydrogens (tertiary/aromatic N) is 3. The van der Waals surface area contributed by atoms with Crippen LogP contribution in [0.5, 0.6) is 0 Å². The minimum absolute atomic E-state index is 0.231. The van der Waals surface area contributed by atoms with Gasteiger partial charge in [-0.15, -0.1) is 0 Å². The number of aliphatic hydroxyl groups excluding tert-OH is 1. The highest BCUT2D eigenvalue weighted by atomic mass is 35.5. The van der Waals surface area contributed by atoms with E-state index in [9.17, 15) is 14.7 Å². The molecule has 1 aromatic carbocycles. The van der Waals surface area contributed by atoms with E-state index in [0.717, 1.165) is 0 Å². The van der Waals surface area contributed by atoms with Gasteiger partial charge in [0.05, 0.1) is 18.5 Å². The summed E-state index contributed by atoms with van der Waals surface area (Å²) in [6.45, 7) is 1.97. The number of hydrogen-bond donors (Lipinski definition) is 1. The molecule has 0 bridgehead atoms. The molecule has 1 N–H and O–H groups in total. The van der Waals surface area contributed by atoms with Gasteiger partial charge in [0.1, 0.15) is 6.10 Å². The number of ether oxygens (including phenoxy) is 1. The Hall–Kier alpha value is -3.16. The Balaban J connectivity index is 2.12. The quantitative estimate of drug-likeness (QED) is 0.482. The van der Waals surface area contributed by atoms with E-state index in [1.165, 1.54) is 22.8 Å². The van der Waals surface area contributed by atoms with Crippen molar-refractivity contribution in [1.82, 2.24) is 14.3 Å². The first-order valence-corrected chi connectivity index (χ1v) is 9.71. The molecule has 0 aliphatic carbocycles. The summed E-state index contributed by atoms with van der Waals surface area (Å²) in [7, 11) is 3.37. The molecule has 1 atom stereocenters. The van der Waals surface area contributed by atoms with Gasteiger partial charge in [0.25, 0.3) is 5.56 Å². The Morgan fingerprint density at radius 3 is 2.63 bits per heavy atom. The Bertz CT molecular complexity index is 1150. The number of aryl methyl sites for hydroxylation is 2. The lowest BCUT2D eigenvalue weighted by Crippen LogP contribution is -2.16.